The summed E-state index contributed by atoms with van der Waals surface area (Å²) in [6.07, 6.45) is 0. The molecule has 2 aromatic rings. The Balaban J connectivity index is 1.79. The lowest BCUT2D eigenvalue weighted by Crippen LogP contribution is -2.54. The number of anilines is 1. The third-order valence-corrected chi connectivity index (χ3v) is 6.80. The number of halogens is 2. The van der Waals surface area contributed by atoms with Crippen molar-refractivity contribution in [1.29, 1.82) is 0 Å². The third kappa shape index (κ3) is 3.50. The molecule has 2 aliphatic rings. The first-order valence-corrected chi connectivity index (χ1v) is 10.9. The number of nitrogens with one attached hydrogen (secondary N) is 1. The van der Waals surface area contributed by atoms with Crippen LogP contribution in [0.1, 0.15) is 25.0 Å². The summed E-state index contributed by atoms with van der Waals surface area (Å²) < 4.78 is 32.5. The van der Waals surface area contributed by atoms with Crippen molar-refractivity contribution >= 4 is 29.4 Å². The number of hydrogen-bond donors (Lipinski definition) is 1. The molecule has 4 rings (SSSR count). The van der Waals surface area contributed by atoms with Crippen LogP contribution >= 0.6 is 11.8 Å². The maximum absolute atomic E-state index is 13.8. The number of ether oxygens (including phenoxy) is 1. The van der Waals surface area contributed by atoms with Gasteiger partial charge in [-0.2, -0.15) is 0 Å². The highest BCUT2D eigenvalue weighted by Crippen LogP contribution is 2.55. The van der Waals surface area contributed by atoms with E-state index in [2.05, 4.69) is 5.32 Å². The molecule has 9 heteroatoms. The Morgan fingerprint density at radius 1 is 1.23 bits per heavy atom. The van der Waals surface area contributed by atoms with Crippen molar-refractivity contribution < 1.29 is 23.1 Å². The molecule has 0 saturated carbocycles. The topological polar surface area (TPSA) is 61.9 Å². The summed E-state index contributed by atoms with van der Waals surface area (Å²) in [7, 11) is 1.54. The average Bonchev–Trinajstić information content (AvgIpc) is 3.27. The Bertz CT molecular complexity index is 1050. The molecule has 0 aromatic heterocycles. The number of benzene rings is 2. The molecular weight excluding hydrogens is 424 g/mol. The number of urea groups is 1. The second-order valence-corrected chi connectivity index (χ2v) is 9.06. The second-order valence-electron chi connectivity index (χ2n) is 7.77. The van der Waals surface area contributed by atoms with Gasteiger partial charge < -0.3 is 15.0 Å². The predicted molar refractivity (Wildman–Crippen MR) is 115 cm³/mol. The monoisotopic (exact) mass is 447 g/mol. The van der Waals surface area contributed by atoms with E-state index in [9.17, 15) is 18.4 Å². The fourth-order valence-corrected chi connectivity index (χ4v) is 5.48. The van der Waals surface area contributed by atoms with E-state index in [4.69, 9.17) is 4.74 Å². The number of amides is 3. The number of rotatable bonds is 4. The largest absolute Gasteiger partial charge is 0.497 e. The number of methoxy groups -OCH3 is 1. The van der Waals surface area contributed by atoms with Crippen LogP contribution in [0.2, 0.25) is 0 Å². The van der Waals surface area contributed by atoms with Gasteiger partial charge in [0.15, 0.2) is 16.5 Å². The Labute approximate surface area is 183 Å². The van der Waals surface area contributed by atoms with Crippen LogP contribution in [-0.4, -0.2) is 42.3 Å². The maximum atomic E-state index is 13.8. The third-order valence-electron chi connectivity index (χ3n) is 5.38. The van der Waals surface area contributed by atoms with Gasteiger partial charge in [-0.05, 0) is 49.7 Å². The average molecular weight is 448 g/mol. The van der Waals surface area contributed by atoms with E-state index in [0.29, 0.717) is 34.9 Å². The molecular formula is C22H23F2N3O3S. The molecule has 0 radical (unpaired) electrons. The van der Waals surface area contributed by atoms with Crippen LogP contribution in [-0.2, 0) is 16.2 Å². The van der Waals surface area contributed by atoms with Crippen LogP contribution in [0, 0.1) is 11.6 Å². The minimum Gasteiger partial charge on any atom is -0.497 e. The zero-order valence-corrected chi connectivity index (χ0v) is 18.3. The number of nitrogens with zero attached hydrogens (tertiary/aromatic N) is 2. The summed E-state index contributed by atoms with van der Waals surface area (Å²) in [5.41, 5.74) is 1.72. The van der Waals surface area contributed by atoms with Crippen molar-refractivity contribution in [2.75, 3.05) is 24.3 Å². The molecule has 0 aliphatic carbocycles. The van der Waals surface area contributed by atoms with Gasteiger partial charge >= 0.3 is 6.03 Å². The molecule has 0 bridgehead atoms. The Hall–Kier alpha value is -2.81. The quantitative estimate of drug-likeness (QED) is 0.774. The van der Waals surface area contributed by atoms with Crippen molar-refractivity contribution in [2.45, 2.75) is 31.3 Å². The van der Waals surface area contributed by atoms with Crippen LogP contribution in [0.25, 0.3) is 0 Å². The van der Waals surface area contributed by atoms with Crippen molar-refractivity contribution in [3.05, 3.63) is 59.2 Å². The minimum absolute atomic E-state index is 0.0529. The molecule has 1 saturated heterocycles. The van der Waals surface area contributed by atoms with Gasteiger partial charge in [-0.3, -0.25) is 9.69 Å². The van der Waals surface area contributed by atoms with Crippen LogP contribution in [0.5, 0.6) is 5.75 Å². The highest BCUT2D eigenvalue weighted by Gasteiger charge is 2.59. The molecule has 164 valence electrons. The van der Waals surface area contributed by atoms with Gasteiger partial charge in [0.2, 0.25) is 0 Å². The summed E-state index contributed by atoms with van der Waals surface area (Å²) in [6, 6.07) is 8.44. The normalized spacial score (nSPS) is 20.0. The number of hydrogen-bond acceptors (Lipinski definition) is 4. The van der Waals surface area contributed by atoms with Gasteiger partial charge in [-0.25, -0.2) is 13.6 Å². The SMILES string of the molecule is COc1ccc2c(c1)[C@@]1(SCCN1C(=O)NC(C)C)C(=O)N2Cc1ccc(F)c(F)c1. The summed E-state index contributed by atoms with van der Waals surface area (Å²) in [4.78, 5) is 28.6. The number of thioether (sulfide) groups is 1. The fraction of sp³-hybridized carbons (Fsp3) is 0.364. The van der Waals surface area contributed by atoms with Crippen LogP contribution in [0.4, 0.5) is 19.3 Å². The number of fused-ring (bicyclic) bond motifs is 2. The second kappa shape index (κ2) is 8.03. The highest BCUT2D eigenvalue weighted by molar-refractivity contribution is 8.01. The minimum atomic E-state index is -1.23. The van der Waals surface area contributed by atoms with E-state index < -0.39 is 16.5 Å². The number of carbonyl (C=O) groups excluding carboxylic acids is 2. The van der Waals surface area contributed by atoms with E-state index in [0.717, 1.165) is 12.1 Å². The van der Waals surface area contributed by atoms with Gasteiger partial charge in [-0.1, -0.05) is 6.07 Å². The maximum Gasteiger partial charge on any atom is 0.319 e. The lowest BCUT2D eigenvalue weighted by atomic mass is 10.1. The van der Waals surface area contributed by atoms with Gasteiger partial charge in [0.1, 0.15) is 5.75 Å². The summed E-state index contributed by atoms with van der Waals surface area (Å²) >= 11 is 1.39. The van der Waals surface area contributed by atoms with Gasteiger partial charge in [-0.15, -0.1) is 11.8 Å². The molecule has 6 nitrogen and oxygen atoms in total. The molecule has 1 fully saturated rings. The lowest BCUT2D eigenvalue weighted by Gasteiger charge is -2.33. The first kappa shape index (κ1) is 21.4. The van der Waals surface area contributed by atoms with Gasteiger partial charge in [0.25, 0.3) is 5.91 Å². The molecule has 3 amide bonds. The zero-order valence-electron chi connectivity index (χ0n) is 17.4. The van der Waals surface area contributed by atoms with Crippen molar-refractivity contribution in [3.63, 3.8) is 0 Å². The molecule has 2 aliphatic heterocycles. The first-order valence-electron chi connectivity index (χ1n) is 9.94. The Kier molecular flexibility index (Phi) is 5.55. The van der Waals surface area contributed by atoms with E-state index in [1.165, 1.54) is 29.8 Å². The van der Waals surface area contributed by atoms with E-state index in [1.54, 1.807) is 23.1 Å². The van der Waals surface area contributed by atoms with Gasteiger partial charge in [0.05, 0.1) is 19.3 Å². The molecule has 0 unspecified atom stereocenters. The lowest BCUT2D eigenvalue weighted by molar-refractivity contribution is -0.123. The highest BCUT2D eigenvalue weighted by atomic mass is 32.2. The van der Waals surface area contributed by atoms with Crippen LogP contribution in [0.15, 0.2) is 36.4 Å². The fourth-order valence-electron chi connectivity index (χ4n) is 4.02. The molecule has 31 heavy (non-hydrogen) atoms. The standard InChI is InChI=1S/C22H23F2N3O3S/c1-13(2)25-21(29)27-8-9-31-22(27)16-11-15(30-3)5-7-19(16)26(20(22)28)12-14-4-6-17(23)18(24)10-14/h4-7,10-11,13H,8-9,12H2,1-3H3,(H,25,29)/t22-/m1/s1. The molecule has 1 spiro atoms. The smallest absolute Gasteiger partial charge is 0.319 e. The summed E-state index contributed by atoms with van der Waals surface area (Å²) in [5, 5.41) is 2.87. The van der Waals surface area contributed by atoms with Crippen LogP contribution in [0.3, 0.4) is 0 Å². The Morgan fingerprint density at radius 2 is 2.00 bits per heavy atom. The van der Waals surface area contributed by atoms with Crippen molar-refractivity contribution in [2.24, 2.45) is 0 Å². The molecule has 1 N–H and O–H groups in total. The Morgan fingerprint density at radius 3 is 2.68 bits per heavy atom. The number of carbonyl (C=O) groups is 2. The zero-order chi connectivity index (χ0) is 22.3. The first-order chi connectivity index (χ1) is 14.8. The van der Waals surface area contributed by atoms with E-state index >= 15 is 0 Å². The summed E-state index contributed by atoms with van der Waals surface area (Å²) in [6.45, 7) is 4.18. The van der Waals surface area contributed by atoms with Crippen molar-refractivity contribution in [3.8, 4) is 5.75 Å². The molecule has 2 heterocycles. The van der Waals surface area contributed by atoms with Gasteiger partial charge in [0, 0.05) is 23.9 Å². The summed E-state index contributed by atoms with van der Waals surface area (Å²) in [5.74, 6) is -1.05. The van der Waals surface area contributed by atoms with E-state index in [-0.39, 0.29) is 24.5 Å². The predicted octanol–water partition coefficient (Wildman–Crippen LogP) is 3.84. The molecule has 1 atom stereocenters. The van der Waals surface area contributed by atoms with Crippen molar-refractivity contribution in [1.82, 2.24) is 10.2 Å². The van der Waals surface area contributed by atoms with E-state index in [1.807, 2.05) is 13.8 Å². The molecule has 2 aromatic carbocycles. The van der Waals surface area contributed by atoms with Crippen LogP contribution < -0.4 is 15.0 Å².